The number of nitrogens with two attached hydrogens (primary N) is 1. The number of fused-ring (bicyclic) bond motifs is 1. The van der Waals surface area contributed by atoms with E-state index in [1.807, 2.05) is 0 Å². The second kappa shape index (κ2) is 4.33. The van der Waals surface area contributed by atoms with Gasteiger partial charge in [0, 0.05) is 5.92 Å². The Kier molecular flexibility index (Phi) is 2.85. The first-order chi connectivity index (χ1) is 9.48. The summed E-state index contributed by atoms with van der Waals surface area (Å²) in [5, 5.41) is 18.9. The topological polar surface area (TPSA) is 119 Å². The minimum Gasteiger partial charge on any atom is -0.390 e. The van der Waals surface area contributed by atoms with Crippen LogP contribution in [0, 0.1) is 5.92 Å². The standard InChI is InChI=1S/C11H14FN5O3/c1-5-7(19)11(12,2-18)20-10(5)17-4-16-6-8(13)14-3-15-9(6)17/h3-5,7,10,18-19H,2H2,1H3,(H2,13,14,15)/t5-,7-,10-,11-/m0/s1. The molecule has 0 radical (unpaired) electrons. The van der Waals surface area contributed by atoms with Crippen LogP contribution in [0.1, 0.15) is 13.2 Å². The lowest BCUT2D eigenvalue weighted by Gasteiger charge is -2.20. The molecule has 3 heterocycles. The van der Waals surface area contributed by atoms with Gasteiger partial charge in [-0.15, -0.1) is 0 Å². The molecule has 8 nitrogen and oxygen atoms in total. The van der Waals surface area contributed by atoms with Crippen molar-refractivity contribution in [3.8, 4) is 0 Å². The summed E-state index contributed by atoms with van der Waals surface area (Å²) in [6.07, 6.45) is 0.364. The Labute approximate surface area is 113 Å². The Hall–Kier alpha value is -1.84. The van der Waals surface area contributed by atoms with Gasteiger partial charge in [0.1, 0.15) is 30.8 Å². The molecule has 1 aliphatic rings. The average molecular weight is 283 g/mol. The second-order valence-electron chi connectivity index (χ2n) is 4.84. The van der Waals surface area contributed by atoms with Crippen LogP contribution in [0.3, 0.4) is 0 Å². The van der Waals surface area contributed by atoms with Gasteiger partial charge < -0.3 is 20.7 Å². The number of hydrogen-bond acceptors (Lipinski definition) is 7. The first-order valence-corrected chi connectivity index (χ1v) is 6.06. The molecule has 20 heavy (non-hydrogen) atoms. The Morgan fingerprint density at radius 3 is 2.90 bits per heavy atom. The molecule has 9 heteroatoms. The molecular formula is C11H14FN5O3. The van der Waals surface area contributed by atoms with Gasteiger partial charge in [-0.2, -0.15) is 0 Å². The van der Waals surface area contributed by atoms with E-state index in [0.29, 0.717) is 11.2 Å². The van der Waals surface area contributed by atoms with Crippen molar-refractivity contribution in [1.82, 2.24) is 19.5 Å². The highest BCUT2D eigenvalue weighted by Gasteiger charge is 2.54. The van der Waals surface area contributed by atoms with Crippen LogP contribution in [0.4, 0.5) is 10.2 Å². The molecule has 4 atom stereocenters. The molecule has 0 aromatic carbocycles. The Balaban J connectivity index is 2.06. The molecule has 2 aromatic heterocycles. The van der Waals surface area contributed by atoms with Crippen LogP contribution >= 0.6 is 0 Å². The van der Waals surface area contributed by atoms with Gasteiger partial charge in [-0.05, 0) is 0 Å². The molecule has 1 fully saturated rings. The van der Waals surface area contributed by atoms with Crippen LogP contribution < -0.4 is 5.73 Å². The molecule has 4 N–H and O–H groups in total. The summed E-state index contributed by atoms with van der Waals surface area (Å²) in [5.41, 5.74) is 6.43. The van der Waals surface area contributed by atoms with Crippen molar-refractivity contribution in [1.29, 1.82) is 0 Å². The summed E-state index contributed by atoms with van der Waals surface area (Å²) >= 11 is 0. The summed E-state index contributed by atoms with van der Waals surface area (Å²) in [6, 6.07) is 0. The number of aliphatic hydroxyl groups excluding tert-OH is 2. The predicted octanol–water partition coefficient (Wildman–Crippen LogP) is -0.408. The van der Waals surface area contributed by atoms with E-state index in [4.69, 9.17) is 15.6 Å². The Bertz CT molecular complexity index is 650. The smallest absolute Gasteiger partial charge is 0.260 e. The van der Waals surface area contributed by atoms with E-state index in [0.717, 1.165) is 0 Å². The van der Waals surface area contributed by atoms with Crippen molar-refractivity contribution >= 4 is 17.0 Å². The minimum absolute atomic E-state index is 0.202. The van der Waals surface area contributed by atoms with E-state index in [-0.39, 0.29) is 5.82 Å². The zero-order chi connectivity index (χ0) is 14.5. The second-order valence-corrected chi connectivity index (χ2v) is 4.84. The number of nitrogens with zero attached hydrogens (tertiary/aromatic N) is 4. The molecule has 0 aliphatic carbocycles. The first-order valence-electron chi connectivity index (χ1n) is 6.06. The molecule has 0 unspecified atom stereocenters. The quantitative estimate of drug-likeness (QED) is 0.685. The van der Waals surface area contributed by atoms with Crippen LogP contribution in [0.2, 0.25) is 0 Å². The summed E-state index contributed by atoms with van der Waals surface area (Å²) in [7, 11) is 0. The normalized spacial score (nSPS) is 33.9. The van der Waals surface area contributed by atoms with E-state index < -0.39 is 30.7 Å². The molecular weight excluding hydrogens is 269 g/mol. The van der Waals surface area contributed by atoms with Crippen molar-refractivity contribution in [3.63, 3.8) is 0 Å². The predicted molar refractivity (Wildman–Crippen MR) is 66.0 cm³/mol. The number of aromatic nitrogens is 4. The zero-order valence-electron chi connectivity index (χ0n) is 10.6. The molecule has 0 amide bonds. The fourth-order valence-corrected chi connectivity index (χ4v) is 2.42. The van der Waals surface area contributed by atoms with Gasteiger partial charge in [0.25, 0.3) is 5.85 Å². The van der Waals surface area contributed by atoms with Crippen LogP contribution in [-0.2, 0) is 4.74 Å². The highest BCUT2D eigenvalue weighted by molar-refractivity contribution is 5.81. The third kappa shape index (κ3) is 1.67. The zero-order valence-corrected chi connectivity index (χ0v) is 10.6. The lowest BCUT2D eigenvalue weighted by atomic mass is 10.0. The van der Waals surface area contributed by atoms with Gasteiger partial charge in [0.15, 0.2) is 11.5 Å². The van der Waals surface area contributed by atoms with Gasteiger partial charge in [-0.1, -0.05) is 6.92 Å². The summed E-state index contributed by atoms with van der Waals surface area (Å²) in [4.78, 5) is 11.9. The molecule has 0 saturated carbocycles. The maximum absolute atomic E-state index is 14.2. The largest absolute Gasteiger partial charge is 0.390 e. The third-order valence-corrected chi connectivity index (χ3v) is 3.58. The van der Waals surface area contributed by atoms with Gasteiger partial charge in [0.2, 0.25) is 0 Å². The molecule has 3 rings (SSSR count). The van der Waals surface area contributed by atoms with Crippen molar-refractivity contribution in [2.45, 2.75) is 25.1 Å². The monoisotopic (exact) mass is 283 g/mol. The van der Waals surface area contributed by atoms with Crippen LogP contribution in [0.5, 0.6) is 0 Å². The van der Waals surface area contributed by atoms with E-state index in [1.165, 1.54) is 17.2 Å². The number of nitrogen functional groups attached to an aromatic ring is 1. The maximum Gasteiger partial charge on any atom is 0.260 e. The fourth-order valence-electron chi connectivity index (χ4n) is 2.42. The third-order valence-electron chi connectivity index (χ3n) is 3.58. The average Bonchev–Trinajstić information content (AvgIpc) is 2.96. The molecule has 1 aliphatic heterocycles. The van der Waals surface area contributed by atoms with Crippen molar-refractivity contribution in [2.24, 2.45) is 5.92 Å². The molecule has 108 valence electrons. The molecule has 1 saturated heterocycles. The molecule has 2 aromatic rings. The van der Waals surface area contributed by atoms with Crippen LogP contribution in [-0.4, -0.2) is 48.3 Å². The van der Waals surface area contributed by atoms with Gasteiger partial charge >= 0.3 is 0 Å². The van der Waals surface area contributed by atoms with E-state index >= 15 is 0 Å². The van der Waals surface area contributed by atoms with Gasteiger partial charge in [0.05, 0.1) is 6.33 Å². The number of rotatable bonds is 2. The number of ether oxygens (including phenoxy) is 1. The Morgan fingerprint density at radius 2 is 2.25 bits per heavy atom. The number of hydrogen-bond donors (Lipinski definition) is 3. The summed E-state index contributed by atoms with van der Waals surface area (Å²) < 4.78 is 20.8. The summed E-state index contributed by atoms with van der Waals surface area (Å²) in [5.74, 6) is -2.89. The molecule has 0 bridgehead atoms. The van der Waals surface area contributed by atoms with E-state index in [1.54, 1.807) is 6.92 Å². The van der Waals surface area contributed by atoms with Crippen molar-refractivity contribution in [2.75, 3.05) is 12.3 Å². The highest BCUT2D eigenvalue weighted by Crippen LogP contribution is 2.42. The Morgan fingerprint density at radius 1 is 1.50 bits per heavy atom. The summed E-state index contributed by atoms with van der Waals surface area (Å²) in [6.45, 7) is 0.682. The lowest BCUT2D eigenvalue weighted by Crippen LogP contribution is -2.39. The maximum atomic E-state index is 14.2. The first kappa shape index (κ1) is 13.2. The number of halogens is 1. The number of aliphatic hydroxyl groups is 2. The molecule has 0 spiro atoms. The highest BCUT2D eigenvalue weighted by atomic mass is 19.2. The number of anilines is 1. The van der Waals surface area contributed by atoms with Crippen molar-refractivity contribution in [3.05, 3.63) is 12.7 Å². The van der Waals surface area contributed by atoms with Gasteiger partial charge in [-0.25, -0.2) is 19.3 Å². The van der Waals surface area contributed by atoms with E-state index in [2.05, 4.69) is 15.0 Å². The lowest BCUT2D eigenvalue weighted by molar-refractivity contribution is -0.206. The van der Waals surface area contributed by atoms with E-state index in [9.17, 15) is 9.50 Å². The van der Waals surface area contributed by atoms with Gasteiger partial charge in [-0.3, -0.25) is 4.57 Å². The fraction of sp³-hybridized carbons (Fsp3) is 0.545. The van der Waals surface area contributed by atoms with Crippen molar-refractivity contribution < 1.29 is 19.3 Å². The number of imidazole rings is 1. The SMILES string of the molecule is C[C@@H]1[C@@H](n2cnc3c(N)ncnc32)O[C@@](F)(CO)[C@H]1O. The van der Waals surface area contributed by atoms with Crippen LogP contribution in [0.25, 0.3) is 11.2 Å². The minimum atomic E-state index is -2.50. The van der Waals surface area contributed by atoms with Crippen LogP contribution in [0.15, 0.2) is 12.7 Å². The number of alkyl halides is 1.